The highest BCUT2D eigenvalue weighted by Crippen LogP contribution is 2.32. The molecule has 0 aliphatic heterocycles. The van der Waals surface area contributed by atoms with Crippen LogP contribution in [0.4, 0.5) is 0 Å². The first-order valence-corrected chi connectivity index (χ1v) is 18.2. The number of hydrogen-bond donors (Lipinski definition) is 0. The molecule has 0 atom stereocenters. The lowest BCUT2D eigenvalue weighted by molar-refractivity contribution is 1.07. The molecule has 0 unspecified atom stereocenters. The molecule has 7 heteroatoms. The van der Waals surface area contributed by atoms with E-state index in [1.54, 1.807) is 6.07 Å². The highest BCUT2D eigenvalue weighted by atomic mass is 15.0. The summed E-state index contributed by atoms with van der Waals surface area (Å²) in [7, 11) is 0. The molecule has 0 N–H and O–H groups in total. The fraction of sp³-hybridized carbons (Fsp3) is 0. The number of hydrogen-bond acceptors (Lipinski definition) is 7. The van der Waals surface area contributed by atoms with Crippen molar-refractivity contribution >= 4 is 0 Å². The minimum Gasteiger partial charge on any atom is -0.208 e. The summed E-state index contributed by atoms with van der Waals surface area (Å²) in [5.41, 5.74) is 9.57. The number of nitriles is 1. The Morgan fingerprint density at radius 2 is 0.571 bits per heavy atom. The van der Waals surface area contributed by atoms with Gasteiger partial charge in [-0.2, -0.15) is 5.26 Å². The summed E-state index contributed by atoms with van der Waals surface area (Å²) in [6.45, 7) is 0. The highest BCUT2D eigenvalue weighted by molar-refractivity contribution is 5.77. The summed E-state index contributed by atoms with van der Waals surface area (Å²) < 4.78 is 0. The van der Waals surface area contributed by atoms with E-state index in [2.05, 4.69) is 54.6 Å². The zero-order chi connectivity index (χ0) is 37.7. The smallest absolute Gasteiger partial charge is 0.165 e. The van der Waals surface area contributed by atoms with Gasteiger partial charge in [-0.1, -0.05) is 158 Å². The lowest BCUT2D eigenvalue weighted by atomic mass is 10.00. The van der Waals surface area contributed by atoms with Crippen LogP contribution in [0.3, 0.4) is 0 Å². The van der Waals surface area contributed by atoms with Gasteiger partial charge in [-0.05, 0) is 52.6 Å². The summed E-state index contributed by atoms with van der Waals surface area (Å²) >= 11 is 0. The molecule has 0 saturated heterocycles. The van der Waals surface area contributed by atoms with Crippen LogP contribution in [-0.4, -0.2) is 29.9 Å². The monoisotopic (exact) mass is 717 g/mol. The standard InChI is InChI=1S/C49H31N7/c50-32-42-21-10-11-28-43(42)49-55-47(39-25-12-22-36(29-39)33-15-4-1-5-16-33)54-48(56-49)41-27-14-24-38(31-41)37-23-13-26-40(30-37)46-52-44(34-17-6-2-7-18-34)51-45(53-46)35-19-8-3-9-20-35/h1-31H. The average molecular weight is 718 g/mol. The molecule has 0 spiro atoms. The van der Waals surface area contributed by atoms with E-state index < -0.39 is 0 Å². The first-order valence-electron chi connectivity index (χ1n) is 18.2. The van der Waals surface area contributed by atoms with Crippen LogP contribution in [0, 0.1) is 11.3 Å². The van der Waals surface area contributed by atoms with Gasteiger partial charge in [-0.3, -0.25) is 0 Å². The Balaban J connectivity index is 1.14. The molecule has 7 nitrogen and oxygen atoms in total. The quantitative estimate of drug-likeness (QED) is 0.154. The van der Waals surface area contributed by atoms with Gasteiger partial charge in [0.2, 0.25) is 0 Å². The Labute approximate surface area is 324 Å². The molecule has 0 fully saturated rings. The van der Waals surface area contributed by atoms with E-state index in [4.69, 9.17) is 29.9 Å². The summed E-state index contributed by atoms with van der Waals surface area (Å²) in [5.74, 6) is 3.24. The Morgan fingerprint density at radius 1 is 0.268 bits per heavy atom. The zero-order valence-electron chi connectivity index (χ0n) is 30.0. The molecule has 0 aliphatic rings. The molecule has 56 heavy (non-hydrogen) atoms. The van der Waals surface area contributed by atoms with Gasteiger partial charge in [0.1, 0.15) is 0 Å². The normalized spacial score (nSPS) is 10.8. The number of aromatic nitrogens is 6. The third kappa shape index (κ3) is 7.06. The first-order chi connectivity index (χ1) is 27.7. The maximum Gasteiger partial charge on any atom is 0.165 e. The van der Waals surface area contributed by atoms with E-state index in [1.807, 2.05) is 133 Å². The number of benzene rings is 7. The van der Waals surface area contributed by atoms with Crippen molar-refractivity contribution in [2.75, 3.05) is 0 Å². The molecule has 0 radical (unpaired) electrons. The van der Waals surface area contributed by atoms with Gasteiger partial charge in [-0.15, -0.1) is 0 Å². The van der Waals surface area contributed by atoms with Gasteiger partial charge in [0.15, 0.2) is 34.9 Å². The highest BCUT2D eigenvalue weighted by Gasteiger charge is 2.17. The molecule has 0 amide bonds. The van der Waals surface area contributed by atoms with Crippen LogP contribution in [0.15, 0.2) is 188 Å². The second kappa shape index (κ2) is 15.2. The summed E-state index contributed by atoms with van der Waals surface area (Å²) in [5, 5.41) is 9.99. The van der Waals surface area contributed by atoms with Gasteiger partial charge >= 0.3 is 0 Å². The Kier molecular flexibility index (Phi) is 9.18. The van der Waals surface area contributed by atoms with E-state index >= 15 is 0 Å². The average Bonchev–Trinajstić information content (AvgIpc) is 3.29. The minimum atomic E-state index is 0.429. The number of nitrogens with zero attached hydrogens (tertiary/aromatic N) is 7. The summed E-state index contributed by atoms with van der Waals surface area (Å²) in [6.07, 6.45) is 0. The van der Waals surface area contributed by atoms with Crippen LogP contribution < -0.4 is 0 Å². The van der Waals surface area contributed by atoms with E-state index in [0.29, 0.717) is 46.1 Å². The van der Waals surface area contributed by atoms with Crippen molar-refractivity contribution in [2.45, 2.75) is 0 Å². The van der Waals surface area contributed by atoms with Crippen molar-refractivity contribution in [3.05, 3.63) is 194 Å². The molecular formula is C49H31N7. The van der Waals surface area contributed by atoms with Crippen LogP contribution in [0.25, 0.3) is 90.6 Å². The molecule has 2 aromatic heterocycles. The fourth-order valence-electron chi connectivity index (χ4n) is 6.61. The maximum atomic E-state index is 9.99. The predicted molar refractivity (Wildman–Crippen MR) is 221 cm³/mol. The van der Waals surface area contributed by atoms with Crippen molar-refractivity contribution in [3.63, 3.8) is 0 Å². The lowest BCUT2D eigenvalue weighted by Crippen LogP contribution is -2.01. The van der Waals surface area contributed by atoms with Crippen LogP contribution in [0.2, 0.25) is 0 Å². The molecule has 0 bridgehead atoms. The summed E-state index contributed by atoms with van der Waals surface area (Å²) in [6, 6.07) is 64.4. The van der Waals surface area contributed by atoms with E-state index in [1.165, 1.54) is 0 Å². The van der Waals surface area contributed by atoms with Crippen LogP contribution >= 0.6 is 0 Å². The Morgan fingerprint density at radius 3 is 1.00 bits per heavy atom. The SMILES string of the molecule is N#Cc1ccccc1-c1nc(-c2cccc(-c3ccccc3)c2)nc(-c2cccc(-c3cccc(-c4nc(-c5ccccc5)nc(-c5ccccc5)n4)c3)c2)n1. The molecule has 9 rings (SSSR count). The maximum absolute atomic E-state index is 9.99. The largest absolute Gasteiger partial charge is 0.208 e. The van der Waals surface area contributed by atoms with Gasteiger partial charge in [0, 0.05) is 33.4 Å². The molecule has 2 heterocycles. The fourth-order valence-corrected chi connectivity index (χ4v) is 6.61. The van der Waals surface area contributed by atoms with Crippen molar-refractivity contribution in [1.82, 2.24) is 29.9 Å². The minimum absolute atomic E-state index is 0.429. The molecule has 262 valence electrons. The van der Waals surface area contributed by atoms with Crippen LogP contribution in [0.5, 0.6) is 0 Å². The topological polar surface area (TPSA) is 101 Å². The second-order valence-electron chi connectivity index (χ2n) is 13.1. The third-order valence-corrected chi connectivity index (χ3v) is 9.43. The van der Waals surface area contributed by atoms with Gasteiger partial charge in [0.25, 0.3) is 0 Å². The second-order valence-corrected chi connectivity index (χ2v) is 13.1. The van der Waals surface area contributed by atoms with Crippen molar-refractivity contribution < 1.29 is 0 Å². The number of rotatable bonds is 8. The summed E-state index contributed by atoms with van der Waals surface area (Å²) in [4.78, 5) is 29.7. The van der Waals surface area contributed by atoms with Gasteiger partial charge < -0.3 is 0 Å². The lowest BCUT2D eigenvalue weighted by Gasteiger charge is -2.12. The predicted octanol–water partition coefficient (Wildman–Crippen LogP) is 11.3. The van der Waals surface area contributed by atoms with Gasteiger partial charge in [-0.25, -0.2) is 29.9 Å². The third-order valence-electron chi connectivity index (χ3n) is 9.43. The van der Waals surface area contributed by atoms with E-state index in [9.17, 15) is 5.26 Å². The van der Waals surface area contributed by atoms with E-state index in [-0.39, 0.29) is 0 Å². The van der Waals surface area contributed by atoms with Crippen molar-refractivity contribution in [1.29, 1.82) is 5.26 Å². The van der Waals surface area contributed by atoms with Crippen molar-refractivity contribution in [3.8, 4) is 96.7 Å². The van der Waals surface area contributed by atoms with E-state index in [0.717, 1.165) is 50.1 Å². The first kappa shape index (κ1) is 33.9. The Hall–Kier alpha value is -7.95. The molecule has 0 aliphatic carbocycles. The molecular weight excluding hydrogens is 687 g/mol. The van der Waals surface area contributed by atoms with Crippen LogP contribution in [0.1, 0.15) is 5.56 Å². The molecule has 9 aromatic rings. The Bertz CT molecular complexity index is 2810. The van der Waals surface area contributed by atoms with Crippen molar-refractivity contribution in [2.24, 2.45) is 0 Å². The van der Waals surface area contributed by atoms with Crippen LogP contribution in [-0.2, 0) is 0 Å². The van der Waals surface area contributed by atoms with Gasteiger partial charge in [0.05, 0.1) is 11.6 Å². The molecule has 7 aromatic carbocycles. The molecule has 0 saturated carbocycles. The zero-order valence-corrected chi connectivity index (χ0v) is 30.0.